The van der Waals surface area contributed by atoms with Crippen LogP contribution in [0.1, 0.15) is 0 Å². The third-order valence-corrected chi connectivity index (χ3v) is 3.38. The SMILES string of the molecule is N#CC(/N=N/c1ccc(Br)cc1)=N\Nc1ccc(Br)cc1. The molecule has 0 amide bonds. The van der Waals surface area contributed by atoms with Crippen molar-refractivity contribution in [2.75, 3.05) is 5.43 Å². The van der Waals surface area contributed by atoms with E-state index in [1.165, 1.54) is 0 Å². The number of hydrazone groups is 1. The number of hydrogen-bond acceptors (Lipinski definition) is 4. The fraction of sp³-hybridized carbons (Fsp3) is 0. The van der Waals surface area contributed by atoms with Crippen LogP contribution < -0.4 is 5.43 Å². The van der Waals surface area contributed by atoms with Crippen LogP contribution in [0.5, 0.6) is 0 Å². The van der Waals surface area contributed by atoms with Crippen molar-refractivity contribution in [3.63, 3.8) is 0 Å². The van der Waals surface area contributed by atoms with Crippen molar-refractivity contribution in [2.45, 2.75) is 0 Å². The quantitative estimate of drug-likeness (QED) is 0.327. The van der Waals surface area contributed by atoms with Crippen molar-refractivity contribution in [3.8, 4) is 6.07 Å². The molecule has 7 heteroatoms. The Morgan fingerprint density at radius 1 is 0.952 bits per heavy atom. The van der Waals surface area contributed by atoms with E-state index in [-0.39, 0.29) is 5.84 Å². The summed E-state index contributed by atoms with van der Waals surface area (Å²) in [4.78, 5) is 0. The van der Waals surface area contributed by atoms with Crippen molar-refractivity contribution >= 4 is 49.1 Å². The second-order valence-electron chi connectivity index (χ2n) is 3.84. The smallest absolute Gasteiger partial charge is 0.270 e. The van der Waals surface area contributed by atoms with E-state index in [0.29, 0.717) is 5.69 Å². The zero-order valence-electron chi connectivity index (χ0n) is 10.7. The van der Waals surface area contributed by atoms with Crippen molar-refractivity contribution in [1.82, 2.24) is 0 Å². The summed E-state index contributed by atoms with van der Waals surface area (Å²) in [5.41, 5.74) is 4.15. The van der Waals surface area contributed by atoms with Gasteiger partial charge in [0.05, 0.1) is 11.4 Å². The largest absolute Gasteiger partial charge is 0.276 e. The summed E-state index contributed by atoms with van der Waals surface area (Å²) in [6.07, 6.45) is 0. The lowest BCUT2D eigenvalue weighted by Gasteiger charge is -1.99. The second kappa shape index (κ2) is 7.67. The number of amidine groups is 1. The van der Waals surface area contributed by atoms with Crippen LogP contribution in [0.3, 0.4) is 0 Å². The van der Waals surface area contributed by atoms with Crippen LogP contribution >= 0.6 is 31.9 Å². The van der Waals surface area contributed by atoms with Crippen LogP contribution in [0.25, 0.3) is 0 Å². The highest BCUT2D eigenvalue weighted by Gasteiger charge is 1.96. The summed E-state index contributed by atoms with van der Waals surface area (Å²) in [6, 6.07) is 16.5. The van der Waals surface area contributed by atoms with Gasteiger partial charge in [-0.25, -0.2) is 0 Å². The number of rotatable bonds is 3. The predicted octanol–water partition coefficient (Wildman–Crippen LogP) is 5.24. The standard InChI is InChI=1S/C14H9Br2N5/c15-10-1-5-12(6-2-10)18-20-14(9-17)21-19-13-7-3-11(16)4-8-13/h1-8,18H/b20-14+,21-19+. The Labute approximate surface area is 138 Å². The summed E-state index contributed by atoms with van der Waals surface area (Å²) in [6.45, 7) is 0. The van der Waals surface area contributed by atoms with Crippen LogP contribution in [0.15, 0.2) is 72.8 Å². The lowest BCUT2D eigenvalue weighted by atomic mass is 10.3. The minimum absolute atomic E-state index is 0.0548. The summed E-state index contributed by atoms with van der Waals surface area (Å²) in [5, 5.41) is 20.6. The summed E-state index contributed by atoms with van der Waals surface area (Å²) >= 11 is 6.68. The minimum atomic E-state index is -0.0548. The minimum Gasteiger partial charge on any atom is -0.276 e. The molecule has 1 N–H and O–H groups in total. The number of halogens is 2. The van der Waals surface area contributed by atoms with E-state index in [1.807, 2.05) is 42.5 Å². The summed E-state index contributed by atoms with van der Waals surface area (Å²) < 4.78 is 1.92. The first-order valence-corrected chi connectivity index (χ1v) is 7.42. The van der Waals surface area contributed by atoms with Crippen molar-refractivity contribution in [2.24, 2.45) is 15.3 Å². The molecule has 0 aliphatic heterocycles. The number of hydrogen-bond donors (Lipinski definition) is 1. The molecule has 21 heavy (non-hydrogen) atoms. The van der Waals surface area contributed by atoms with Gasteiger partial charge in [-0.15, -0.1) is 15.3 Å². The molecule has 0 saturated carbocycles. The van der Waals surface area contributed by atoms with Gasteiger partial charge in [-0.2, -0.15) is 5.26 Å². The lowest BCUT2D eigenvalue weighted by molar-refractivity contribution is 1.23. The van der Waals surface area contributed by atoms with Gasteiger partial charge < -0.3 is 0 Å². The molecule has 0 aliphatic rings. The van der Waals surface area contributed by atoms with Gasteiger partial charge in [0, 0.05) is 8.95 Å². The number of nitrogens with one attached hydrogen (secondary N) is 1. The van der Waals surface area contributed by atoms with Crippen molar-refractivity contribution < 1.29 is 0 Å². The first-order valence-electron chi connectivity index (χ1n) is 5.84. The molecule has 0 unspecified atom stereocenters. The van der Waals surface area contributed by atoms with E-state index in [2.05, 4.69) is 52.6 Å². The highest BCUT2D eigenvalue weighted by atomic mass is 79.9. The predicted molar refractivity (Wildman–Crippen MR) is 89.5 cm³/mol. The fourth-order valence-corrected chi connectivity index (χ4v) is 1.85. The zero-order chi connectivity index (χ0) is 15.1. The molecule has 2 rings (SSSR count). The number of benzene rings is 2. The van der Waals surface area contributed by atoms with Gasteiger partial charge in [-0.3, -0.25) is 5.43 Å². The Balaban J connectivity index is 2.05. The maximum atomic E-state index is 8.98. The number of anilines is 1. The van der Waals surface area contributed by atoms with Gasteiger partial charge in [0.2, 0.25) is 0 Å². The molecule has 0 heterocycles. The number of nitrogens with zero attached hydrogens (tertiary/aromatic N) is 4. The molecule has 2 aromatic rings. The molecule has 5 nitrogen and oxygen atoms in total. The first-order chi connectivity index (χ1) is 10.2. The Bertz CT molecular complexity index is 700. The summed E-state index contributed by atoms with van der Waals surface area (Å²) in [5.74, 6) is -0.0548. The van der Waals surface area contributed by atoms with Gasteiger partial charge in [0.1, 0.15) is 6.07 Å². The van der Waals surface area contributed by atoms with Gasteiger partial charge in [0.25, 0.3) is 5.84 Å². The van der Waals surface area contributed by atoms with Crippen LogP contribution in [0.2, 0.25) is 0 Å². The van der Waals surface area contributed by atoms with Gasteiger partial charge in [0.15, 0.2) is 0 Å². The molecule has 0 aliphatic carbocycles. The molecule has 0 aromatic heterocycles. The first kappa shape index (κ1) is 15.4. The molecule has 2 aromatic carbocycles. The molecule has 0 bridgehead atoms. The molecular weight excluding hydrogens is 398 g/mol. The van der Waals surface area contributed by atoms with Crippen LogP contribution in [-0.2, 0) is 0 Å². The normalized spacial score (nSPS) is 11.4. The average Bonchev–Trinajstić information content (AvgIpc) is 2.51. The Morgan fingerprint density at radius 2 is 1.52 bits per heavy atom. The van der Waals surface area contributed by atoms with Gasteiger partial charge >= 0.3 is 0 Å². The lowest BCUT2D eigenvalue weighted by Crippen LogP contribution is -1.95. The third-order valence-electron chi connectivity index (χ3n) is 2.32. The van der Waals surface area contributed by atoms with Crippen molar-refractivity contribution in [1.29, 1.82) is 5.26 Å². The highest BCUT2D eigenvalue weighted by molar-refractivity contribution is 9.10. The molecule has 0 radical (unpaired) electrons. The van der Waals surface area contributed by atoms with Crippen LogP contribution in [-0.4, -0.2) is 5.84 Å². The Hall–Kier alpha value is -2.04. The van der Waals surface area contributed by atoms with Crippen molar-refractivity contribution in [3.05, 3.63) is 57.5 Å². The topological polar surface area (TPSA) is 72.9 Å². The highest BCUT2D eigenvalue weighted by Crippen LogP contribution is 2.17. The van der Waals surface area contributed by atoms with Crippen LogP contribution in [0.4, 0.5) is 11.4 Å². The third kappa shape index (κ3) is 5.10. The Kier molecular flexibility index (Phi) is 5.60. The Morgan fingerprint density at radius 3 is 2.10 bits per heavy atom. The fourth-order valence-electron chi connectivity index (χ4n) is 1.32. The molecular formula is C14H9Br2N5. The summed E-state index contributed by atoms with van der Waals surface area (Å²) in [7, 11) is 0. The van der Waals surface area contributed by atoms with E-state index in [9.17, 15) is 0 Å². The molecule has 104 valence electrons. The number of nitriles is 1. The van der Waals surface area contributed by atoms with Crippen LogP contribution in [0, 0.1) is 11.3 Å². The zero-order valence-corrected chi connectivity index (χ0v) is 13.8. The second-order valence-corrected chi connectivity index (χ2v) is 5.67. The maximum Gasteiger partial charge on any atom is 0.270 e. The van der Waals surface area contributed by atoms with E-state index in [4.69, 9.17) is 5.26 Å². The molecule has 0 atom stereocenters. The monoisotopic (exact) mass is 405 g/mol. The van der Waals surface area contributed by atoms with Gasteiger partial charge in [-0.1, -0.05) is 31.9 Å². The number of azo groups is 1. The molecule has 0 fully saturated rings. The van der Waals surface area contributed by atoms with E-state index in [1.54, 1.807) is 12.1 Å². The molecule has 0 spiro atoms. The molecule has 0 saturated heterocycles. The van der Waals surface area contributed by atoms with Gasteiger partial charge in [-0.05, 0) is 48.5 Å². The maximum absolute atomic E-state index is 8.98. The van der Waals surface area contributed by atoms with E-state index in [0.717, 1.165) is 14.6 Å². The average molecular weight is 407 g/mol. The van der Waals surface area contributed by atoms with E-state index >= 15 is 0 Å². The van der Waals surface area contributed by atoms with E-state index < -0.39 is 0 Å².